The Bertz CT molecular complexity index is 902. The van der Waals surface area contributed by atoms with Crippen LogP contribution < -0.4 is 10.6 Å². The molecular formula is C20H19N3O4. The Hall–Kier alpha value is -3.66. The average Bonchev–Trinajstić information content (AvgIpc) is 2.66. The number of esters is 1. The Labute approximate surface area is 156 Å². The van der Waals surface area contributed by atoms with Crippen molar-refractivity contribution in [2.24, 2.45) is 0 Å². The van der Waals surface area contributed by atoms with E-state index in [-0.39, 0.29) is 17.9 Å². The van der Waals surface area contributed by atoms with E-state index in [9.17, 15) is 14.4 Å². The summed E-state index contributed by atoms with van der Waals surface area (Å²) < 4.78 is 4.78. The second-order valence-electron chi connectivity index (χ2n) is 5.79. The highest BCUT2D eigenvalue weighted by Gasteiger charge is 2.24. The molecule has 0 unspecified atom stereocenters. The van der Waals surface area contributed by atoms with E-state index in [4.69, 9.17) is 10.00 Å². The SMILES string of the molecule is COC(=O)[C@H](Cc1cccc(C#N)c1)NC(=O)c1ccccc1NC(C)=O. The lowest BCUT2D eigenvalue weighted by molar-refractivity contribution is -0.142. The summed E-state index contributed by atoms with van der Waals surface area (Å²) in [5.41, 5.74) is 1.74. The molecular weight excluding hydrogens is 346 g/mol. The predicted octanol–water partition coefficient (Wildman–Crippen LogP) is 2.03. The summed E-state index contributed by atoms with van der Waals surface area (Å²) in [7, 11) is 1.23. The first kappa shape index (κ1) is 19.7. The van der Waals surface area contributed by atoms with Crippen LogP contribution in [0.2, 0.25) is 0 Å². The Morgan fingerprint density at radius 3 is 2.56 bits per heavy atom. The maximum absolute atomic E-state index is 12.7. The molecule has 0 aliphatic rings. The fourth-order valence-electron chi connectivity index (χ4n) is 2.55. The minimum atomic E-state index is -0.943. The Morgan fingerprint density at radius 1 is 1.15 bits per heavy atom. The van der Waals surface area contributed by atoms with Gasteiger partial charge in [-0.1, -0.05) is 24.3 Å². The molecule has 7 nitrogen and oxygen atoms in total. The molecule has 138 valence electrons. The normalized spacial score (nSPS) is 11.0. The third-order valence-corrected chi connectivity index (χ3v) is 3.77. The van der Waals surface area contributed by atoms with E-state index in [1.165, 1.54) is 14.0 Å². The first-order valence-corrected chi connectivity index (χ1v) is 8.19. The van der Waals surface area contributed by atoms with Crippen LogP contribution in [-0.4, -0.2) is 30.9 Å². The number of ether oxygens (including phenoxy) is 1. The monoisotopic (exact) mass is 365 g/mol. The zero-order valence-electron chi connectivity index (χ0n) is 15.0. The molecule has 0 aromatic heterocycles. The average molecular weight is 365 g/mol. The van der Waals surface area contributed by atoms with Gasteiger partial charge in [-0.2, -0.15) is 5.26 Å². The number of para-hydroxylation sites is 1. The van der Waals surface area contributed by atoms with Crippen LogP contribution in [0, 0.1) is 11.3 Å². The van der Waals surface area contributed by atoms with Crippen molar-refractivity contribution in [1.82, 2.24) is 5.32 Å². The van der Waals surface area contributed by atoms with Gasteiger partial charge in [0, 0.05) is 13.3 Å². The lowest BCUT2D eigenvalue weighted by Crippen LogP contribution is -2.43. The van der Waals surface area contributed by atoms with Gasteiger partial charge in [0.05, 0.1) is 30.0 Å². The first-order chi connectivity index (χ1) is 12.9. The minimum absolute atomic E-state index is 0.163. The molecule has 2 amide bonds. The van der Waals surface area contributed by atoms with E-state index in [2.05, 4.69) is 10.6 Å². The highest BCUT2D eigenvalue weighted by molar-refractivity contribution is 6.04. The molecule has 27 heavy (non-hydrogen) atoms. The van der Waals surface area contributed by atoms with Crippen LogP contribution in [0.3, 0.4) is 0 Å². The maximum Gasteiger partial charge on any atom is 0.328 e. The molecule has 1 atom stereocenters. The molecule has 0 saturated heterocycles. The number of anilines is 1. The van der Waals surface area contributed by atoms with Gasteiger partial charge in [-0.3, -0.25) is 9.59 Å². The van der Waals surface area contributed by atoms with Crippen molar-refractivity contribution in [1.29, 1.82) is 5.26 Å². The van der Waals surface area contributed by atoms with Gasteiger partial charge in [0.2, 0.25) is 5.91 Å². The van der Waals surface area contributed by atoms with Crippen LogP contribution in [0.4, 0.5) is 5.69 Å². The molecule has 0 saturated carbocycles. The van der Waals surface area contributed by atoms with Gasteiger partial charge in [0.25, 0.3) is 5.91 Å². The van der Waals surface area contributed by atoms with Crippen molar-refractivity contribution >= 4 is 23.5 Å². The number of nitrogens with zero attached hydrogens (tertiary/aromatic N) is 1. The fraction of sp³-hybridized carbons (Fsp3) is 0.200. The summed E-state index contributed by atoms with van der Waals surface area (Å²) in [6, 6.07) is 14.3. The second kappa shape index (κ2) is 9.15. The van der Waals surface area contributed by atoms with Crippen molar-refractivity contribution < 1.29 is 19.1 Å². The van der Waals surface area contributed by atoms with Crippen LogP contribution >= 0.6 is 0 Å². The summed E-state index contributed by atoms with van der Waals surface area (Å²) >= 11 is 0. The summed E-state index contributed by atoms with van der Waals surface area (Å²) in [5, 5.41) is 14.2. The number of benzene rings is 2. The molecule has 0 radical (unpaired) electrons. The number of carbonyl (C=O) groups is 3. The second-order valence-corrected chi connectivity index (χ2v) is 5.79. The Morgan fingerprint density at radius 2 is 1.89 bits per heavy atom. The summed E-state index contributed by atoms with van der Waals surface area (Å²) in [4.78, 5) is 36.1. The number of nitriles is 1. The molecule has 7 heteroatoms. The summed E-state index contributed by atoms with van der Waals surface area (Å²) in [5.74, 6) is -1.44. The fourth-order valence-corrected chi connectivity index (χ4v) is 2.55. The predicted molar refractivity (Wildman–Crippen MR) is 98.9 cm³/mol. The molecule has 0 spiro atoms. The highest BCUT2D eigenvalue weighted by atomic mass is 16.5. The number of carbonyl (C=O) groups excluding carboxylic acids is 3. The van der Waals surface area contributed by atoms with Gasteiger partial charge in [-0.15, -0.1) is 0 Å². The van der Waals surface area contributed by atoms with Gasteiger partial charge in [0.1, 0.15) is 6.04 Å². The van der Waals surface area contributed by atoms with Crippen LogP contribution in [0.25, 0.3) is 0 Å². The zero-order valence-corrected chi connectivity index (χ0v) is 15.0. The summed E-state index contributed by atoms with van der Waals surface area (Å²) in [6.45, 7) is 1.34. The number of methoxy groups -OCH3 is 1. The lowest BCUT2D eigenvalue weighted by atomic mass is 10.0. The van der Waals surface area contributed by atoms with E-state index >= 15 is 0 Å². The van der Waals surface area contributed by atoms with Gasteiger partial charge < -0.3 is 15.4 Å². The molecule has 0 heterocycles. The topological polar surface area (TPSA) is 108 Å². The highest BCUT2D eigenvalue weighted by Crippen LogP contribution is 2.16. The maximum atomic E-state index is 12.7. The molecule has 2 N–H and O–H groups in total. The largest absolute Gasteiger partial charge is 0.467 e. The van der Waals surface area contributed by atoms with Crippen molar-refractivity contribution in [3.05, 3.63) is 65.2 Å². The van der Waals surface area contributed by atoms with Crippen LogP contribution in [0.5, 0.6) is 0 Å². The zero-order chi connectivity index (χ0) is 19.8. The Balaban J connectivity index is 2.23. The summed E-state index contributed by atoms with van der Waals surface area (Å²) in [6.07, 6.45) is 0.163. The quantitative estimate of drug-likeness (QED) is 0.762. The molecule has 0 fully saturated rings. The number of amides is 2. The third-order valence-electron chi connectivity index (χ3n) is 3.77. The van der Waals surface area contributed by atoms with Crippen molar-refractivity contribution in [3.63, 3.8) is 0 Å². The van der Waals surface area contributed by atoms with Gasteiger partial charge >= 0.3 is 5.97 Å². The van der Waals surface area contributed by atoms with Crippen molar-refractivity contribution in [3.8, 4) is 6.07 Å². The van der Waals surface area contributed by atoms with Crippen LogP contribution in [0.15, 0.2) is 48.5 Å². The standard InChI is InChI=1S/C20H19N3O4/c1-13(24)22-17-9-4-3-8-16(17)19(25)23-18(20(26)27-2)11-14-6-5-7-15(10-14)12-21/h3-10,18H,11H2,1-2H3,(H,22,24)(H,23,25)/t18-/m0/s1. The van der Waals surface area contributed by atoms with E-state index < -0.39 is 17.9 Å². The molecule has 0 aliphatic heterocycles. The van der Waals surface area contributed by atoms with Crippen molar-refractivity contribution in [2.75, 3.05) is 12.4 Å². The van der Waals surface area contributed by atoms with Crippen LogP contribution in [0.1, 0.15) is 28.4 Å². The van der Waals surface area contributed by atoms with Gasteiger partial charge in [-0.05, 0) is 29.8 Å². The van der Waals surface area contributed by atoms with E-state index in [1.54, 1.807) is 48.5 Å². The van der Waals surface area contributed by atoms with Crippen molar-refractivity contribution in [2.45, 2.75) is 19.4 Å². The molecule has 2 aromatic rings. The third kappa shape index (κ3) is 5.41. The lowest BCUT2D eigenvalue weighted by Gasteiger charge is -2.18. The molecule has 2 aromatic carbocycles. The smallest absolute Gasteiger partial charge is 0.328 e. The number of nitrogens with one attached hydrogen (secondary N) is 2. The number of rotatable bonds is 6. The first-order valence-electron chi connectivity index (χ1n) is 8.19. The molecule has 0 bridgehead atoms. The molecule has 0 aliphatic carbocycles. The molecule has 2 rings (SSSR count). The van der Waals surface area contributed by atoms with Crippen LogP contribution in [-0.2, 0) is 20.7 Å². The number of hydrogen-bond donors (Lipinski definition) is 2. The van der Waals surface area contributed by atoms with E-state index in [0.29, 0.717) is 16.8 Å². The van der Waals surface area contributed by atoms with E-state index in [0.717, 1.165) is 0 Å². The van der Waals surface area contributed by atoms with Gasteiger partial charge in [-0.25, -0.2) is 4.79 Å². The number of hydrogen-bond acceptors (Lipinski definition) is 5. The van der Waals surface area contributed by atoms with Gasteiger partial charge in [0.15, 0.2) is 0 Å². The Kier molecular flexibility index (Phi) is 6.67. The van der Waals surface area contributed by atoms with E-state index in [1.807, 2.05) is 6.07 Å². The minimum Gasteiger partial charge on any atom is -0.467 e.